The van der Waals surface area contributed by atoms with Crippen LogP contribution < -0.4 is 16.2 Å². The Morgan fingerprint density at radius 2 is 2.10 bits per heavy atom. The first-order valence-electron chi connectivity index (χ1n) is 6.21. The fourth-order valence-corrected chi connectivity index (χ4v) is 3.60. The van der Waals surface area contributed by atoms with Crippen molar-refractivity contribution in [2.45, 2.75) is 36.9 Å². The summed E-state index contributed by atoms with van der Waals surface area (Å²) in [7, 11) is -3.77. The van der Waals surface area contributed by atoms with Gasteiger partial charge in [-0.25, -0.2) is 13.6 Å². The predicted molar refractivity (Wildman–Crippen MR) is 80.1 cm³/mol. The molecule has 1 aromatic heterocycles. The van der Waals surface area contributed by atoms with Gasteiger partial charge in [0.1, 0.15) is 4.21 Å². The van der Waals surface area contributed by atoms with Crippen LogP contribution in [-0.4, -0.2) is 26.4 Å². The highest BCUT2D eigenvalue weighted by Crippen LogP contribution is 2.21. The lowest BCUT2D eigenvalue weighted by atomic mass is 9.90. The minimum absolute atomic E-state index is 0.0269. The summed E-state index contributed by atoms with van der Waals surface area (Å²) in [5.74, 6) is 0.0380. The third kappa shape index (κ3) is 4.55. The number of thiophene rings is 1. The van der Waals surface area contributed by atoms with E-state index in [9.17, 15) is 13.2 Å². The number of hydrogen-bond acceptors (Lipinski definition) is 5. The number of hydrogen-bond donors (Lipinski definition) is 3. The molecule has 0 bridgehead atoms. The molecule has 0 radical (unpaired) electrons. The molecule has 0 saturated carbocycles. The van der Waals surface area contributed by atoms with Crippen molar-refractivity contribution < 1.29 is 13.2 Å². The SMILES string of the molecule is CC(C)CC(C)(CN)NC(=O)c1csc(S(N)(=O)=O)c1. The number of rotatable bonds is 6. The molecule has 0 aliphatic rings. The maximum absolute atomic E-state index is 12.1. The monoisotopic (exact) mass is 319 g/mol. The second kappa shape index (κ2) is 6.21. The summed E-state index contributed by atoms with van der Waals surface area (Å²) in [6.45, 7) is 6.27. The Morgan fingerprint density at radius 3 is 2.50 bits per heavy atom. The molecule has 1 rings (SSSR count). The van der Waals surface area contributed by atoms with Crippen molar-refractivity contribution in [2.24, 2.45) is 16.8 Å². The van der Waals surface area contributed by atoms with E-state index in [1.165, 1.54) is 11.4 Å². The van der Waals surface area contributed by atoms with Gasteiger partial charge < -0.3 is 11.1 Å². The lowest BCUT2D eigenvalue weighted by molar-refractivity contribution is 0.0898. The molecular formula is C12H21N3O3S2. The van der Waals surface area contributed by atoms with Crippen molar-refractivity contribution in [2.75, 3.05) is 6.54 Å². The van der Waals surface area contributed by atoms with E-state index < -0.39 is 15.6 Å². The van der Waals surface area contributed by atoms with Gasteiger partial charge in [0.2, 0.25) is 10.0 Å². The van der Waals surface area contributed by atoms with Gasteiger partial charge >= 0.3 is 0 Å². The van der Waals surface area contributed by atoms with Crippen molar-refractivity contribution in [3.63, 3.8) is 0 Å². The summed E-state index contributed by atoms with van der Waals surface area (Å²) in [5, 5.41) is 9.36. The zero-order chi connectivity index (χ0) is 15.6. The molecule has 0 spiro atoms. The summed E-state index contributed by atoms with van der Waals surface area (Å²) in [6.07, 6.45) is 0.738. The number of amides is 1. The van der Waals surface area contributed by atoms with Crippen LogP contribution in [0, 0.1) is 5.92 Å². The molecule has 8 heteroatoms. The van der Waals surface area contributed by atoms with Gasteiger partial charge in [0.15, 0.2) is 0 Å². The van der Waals surface area contributed by atoms with Crippen LogP contribution in [-0.2, 0) is 10.0 Å². The summed E-state index contributed by atoms with van der Waals surface area (Å²) >= 11 is 0.927. The van der Waals surface area contributed by atoms with Gasteiger partial charge in [0.25, 0.3) is 5.91 Å². The Hall–Kier alpha value is -0.960. The molecule has 0 saturated heterocycles. The summed E-state index contributed by atoms with van der Waals surface area (Å²) in [5.41, 5.74) is 5.49. The molecule has 1 heterocycles. The van der Waals surface area contributed by atoms with E-state index in [4.69, 9.17) is 10.9 Å². The average Bonchev–Trinajstić information content (AvgIpc) is 2.76. The maximum Gasteiger partial charge on any atom is 0.252 e. The lowest BCUT2D eigenvalue weighted by Crippen LogP contribution is -2.52. The quantitative estimate of drug-likeness (QED) is 0.722. The van der Waals surface area contributed by atoms with E-state index in [-0.39, 0.29) is 15.7 Å². The van der Waals surface area contributed by atoms with Crippen LogP contribution in [0.1, 0.15) is 37.6 Å². The number of primary sulfonamides is 1. The van der Waals surface area contributed by atoms with Gasteiger partial charge in [-0.15, -0.1) is 11.3 Å². The van der Waals surface area contributed by atoms with Crippen LogP contribution in [0.3, 0.4) is 0 Å². The van der Waals surface area contributed by atoms with E-state index in [0.717, 1.165) is 17.8 Å². The van der Waals surface area contributed by atoms with Crippen molar-refractivity contribution >= 4 is 27.3 Å². The Labute approximate surface area is 123 Å². The molecule has 0 fully saturated rings. The van der Waals surface area contributed by atoms with Crippen molar-refractivity contribution in [3.05, 3.63) is 17.0 Å². The third-order valence-electron chi connectivity index (χ3n) is 2.84. The van der Waals surface area contributed by atoms with Gasteiger partial charge in [0.05, 0.1) is 5.56 Å². The first-order valence-corrected chi connectivity index (χ1v) is 8.64. The summed E-state index contributed by atoms with van der Waals surface area (Å²) < 4.78 is 22.4. The standard InChI is InChI=1S/C12H21N3O3S2/c1-8(2)5-12(3,7-13)15-11(16)9-4-10(19-6-9)20(14,17)18/h4,6,8H,5,7,13H2,1-3H3,(H,15,16)(H2,14,17,18). The Kier molecular flexibility index (Phi) is 5.31. The maximum atomic E-state index is 12.1. The van der Waals surface area contributed by atoms with Crippen LogP contribution in [0.2, 0.25) is 0 Å². The minimum Gasteiger partial charge on any atom is -0.346 e. The van der Waals surface area contributed by atoms with Gasteiger partial charge in [-0.05, 0) is 25.3 Å². The predicted octanol–water partition coefficient (Wildman–Crippen LogP) is 0.889. The van der Waals surface area contributed by atoms with Gasteiger partial charge in [-0.1, -0.05) is 13.8 Å². The average molecular weight is 319 g/mol. The fraction of sp³-hybridized carbons (Fsp3) is 0.583. The Balaban J connectivity index is 2.88. The Morgan fingerprint density at radius 1 is 1.50 bits per heavy atom. The number of sulfonamides is 1. The molecule has 1 atom stereocenters. The van der Waals surface area contributed by atoms with Crippen LogP contribution in [0.4, 0.5) is 0 Å². The van der Waals surface area contributed by atoms with E-state index in [1.54, 1.807) is 0 Å². The number of nitrogens with one attached hydrogen (secondary N) is 1. The minimum atomic E-state index is -3.77. The van der Waals surface area contributed by atoms with E-state index in [2.05, 4.69) is 5.32 Å². The molecule has 0 aromatic carbocycles. The van der Waals surface area contributed by atoms with Crippen LogP contribution in [0.5, 0.6) is 0 Å². The molecule has 6 nitrogen and oxygen atoms in total. The zero-order valence-electron chi connectivity index (χ0n) is 11.8. The smallest absolute Gasteiger partial charge is 0.252 e. The number of nitrogens with two attached hydrogens (primary N) is 2. The molecule has 0 aliphatic carbocycles. The van der Waals surface area contributed by atoms with Crippen LogP contribution in [0.15, 0.2) is 15.7 Å². The molecule has 1 amide bonds. The van der Waals surface area contributed by atoms with Gasteiger partial charge in [-0.3, -0.25) is 4.79 Å². The molecule has 1 unspecified atom stereocenters. The Bertz CT molecular complexity index is 581. The highest BCUT2D eigenvalue weighted by Gasteiger charge is 2.27. The van der Waals surface area contributed by atoms with Crippen LogP contribution in [0.25, 0.3) is 0 Å². The fourth-order valence-electron chi connectivity index (χ4n) is 2.02. The molecule has 5 N–H and O–H groups in total. The van der Waals surface area contributed by atoms with Gasteiger partial charge in [0, 0.05) is 17.5 Å². The molecule has 1 aromatic rings. The second-order valence-corrected chi connectivity index (χ2v) is 8.22. The molecule has 20 heavy (non-hydrogen) atoms. The topological polar surface area (TPSA) is 115 Å². The van der Waals surface area contributed by atoms with Crippen LogP contribution >= 0.6 is 11.3 Å². The second-order valence-electron chi connectivity index (χ2n) is 5.52. The lowest BCUT2D eigenvalue weighted by Gasteiger charge is -2.31. The van der Waals surface area contributed by atoms with E-state index in [1.807, 2.05) is 20.8 Å². The first-order chi connectivity index (χ1) is 9.07. The molecule has 0 aliphatic heterocycles. The summed E-state index contributed by atoms with van der Waals surface area (Å²) in [6, 6.07) is 1.28. The van der Waals surface area contributed by atoms with E-state index in [0.29, 0.717) is 12.5 Å². The normalized spacial score (nSPS) is 15.1. The van der Waals surface area contributed by atoms with Crippen molar-refractivity contribution in [3.8, 4) is 0 Å². The van der Waals surface area contributed by atoms with E-state index >= 15 is 0 Å². The highest BCUT2D eigenvalue weighted by atomic mass is 32.2. The largest absolute Gasteiger partial charge is 0.346 e. The number of carbonyl (C=O) groups is 1. The third-order valence-corrected chi connectivity index (χ3v) is 5.23. The van der Waals surface area contributed by atoms with Crippen molar-refractivity contribution in [1.82, 2.24) is 5.32 Å². The molecular weight excluding hydrogens is 298 g/mol. The highest BCUT2D eigenvalue weighted by molar-refractivity contribution is 7.91. The van der Waals surface area contributed by atoms with Crippen molar-refractivity contribution in [1.29, 1.82) is 0 Å². The summed E-state index contributed by atoms with van der Waals surface area (Å²) in [4.78, 5) is 12.1. The number of carbonyl (C=O) groups excluding carboxylic acids is 1. The first kappa shape index (κ1) is 17.1. The zero-order valence-corrected chi connectivity index (χ0v) is 13.5. The molecule has 114 valence electrons. The van der Waals surface area contributed by atoms with Gasteiger partial charge in [-0.2, -0.15) is 0 Å².